The number of nitrogens with one attached hydrogen (secondary N) is 3. The summed E-state index contributed by atoms with van der Waals surface area (Å²) in [6, 6.07) is 1.69. The molecule has 2 aromatic rings. The largest absolute Gasteiger partial charge is 0.507 e. The third kappa shape index (κ3) is 15.5. The molecule has 0 fully saturated rings. The number of carbonyl (C=O) groups excluding carboxylic acids is 6. The minimum Gasteiger partial charge on any atom is -0.507 e. The summed E-state index contributed by atoms with van der Waals surface area (Å²) in [6.07, 6.45) is 15.1. The molecule has 0 aromatic heterocycles. The number of amides is 6. The first-order chi connectivity index (χ1) is 30.4. The van der Waals surface area contributed by atoms with Crippen molar-refractivity contribution in [3.05, 3.63) is 47.5 Å². The maximum Gasteiger partial charge on any atom is 0.326 e. The Morgan fingerprint density at radius 2 is 1.31 bits per heavy atom. The summed E-state index contributed by atoms with van der Waals surface area (Å²) in [7, 11) is 4.04. The van der Waals surface area contributed by atoms with Crippen molar-refractivity contribution < 1.29 is 54.0 Å². The first kappa shape index (κ1) is 52.6. The Balaban J connectivity index is 1.64. The molecule has 354 valence electrons. The summed E-state index contributed by atoms with van der Waals surface area (Å²) >= 11 is 0. The fraction of sp³-hybridized carbons (Fsp3) is 0.596. The van der Waals surface area contributed by atoms with Crippen molar-refractivity contribution in [3.63, 3.8) is 0 Å². The van der Waals surface area contributed by atoms with E-state index in [4.69, 9.17) is 0 Å². The Labute approximate surface area is 376 Å². The van der Waals surface area contributed by atoms with Gasteiger partial charge in [0.2, 0.25) is 35.4 Å². The predicted octanol–water partition coefficient (Wildman–Crippen LogP) is 4.16. The van der Waals surface area contributed by atoms with Gasteiger partial charge in [-0.15, -0.1) is 0 Å². The second kappa shape index (κ2) is 26.2. The molecule has 1 heterocycles. The number of aliphatic hydroxyl groups excluding tert-OH is 1. The van der Waals surface area contributed by atoms with Crippen molar-refractivity contribution >= 4 is 41.4 Å². The number of aliphatic carboxylic acids is 1. The van der Waals surface area contributed by atoms with Crippen LogP contribution in [0.4, 0.5) is 0 Å². The lowest BCUT2D eigenvalue weighted by atomic mass is 9.94. The Morgan fingerprint density at radius 1 is 0.766 bits per heavy atom. The van der Waals surface area contributed by atoms with E-state index in [9.17, 15) is 54.0 Å². The van der Waals surface area contributed by atoms with E-state index < -0.39 is 78.9 Å². The molecular weight excluding hydrogens is 825 g/mol. The van der Waals surface area contributed by atoms with Gasteiger partial charge >= 0.3 is 5.97 Å². The van der Waals surface area contributed by atoms with E-state index in [2.05, 4.69) is 22.9 Å². The summed E-state index contributed by atoms with van der Waals surface area (Å²) in [4.78, 5) is 96.0. The van der Waals surface area contributed by atoms with Gasteiger partial charge in [-0.1, -0.05) is 96.1 Å². The van der Waals surface area contributed by atoms with Gasteiger partial charge < -0.3 is 51.1 Å². The third-order valence-corrected chi connectivity index (χ3v) is 11.8. The van der Waals surface area contributed by atoms with E-state index >= 15 is 0 Å². The second-order valence-corrected chi connectivity index (χ2v) is 17.0. The van der Waals surface area contributed by atoms with E-state index in [0.717, 1.165) is 29.1 Å². The fourth-order valence-corrected chi connectivity index (χ4v) is 7.77. The smallest absolute Gasteiger partial charge is 0.326 e. The van der Waals surface area contributed by atoms with Crippen LogP contribution < -0.4 is 16.0 Å². The number of fused-ring (bicyclic) bond motifs is 5. The molecule has 64 heavy (non-hydrogen) atoms. The van der Waals surface area contributed by atoms with E-state index in [1.54, 1.807) is 0 Å². The van der Waals surface area contributed by atoms with E-state index in [1.807, 2.05) is 0 Å². The molecule has 0 saturated heterocycles. The van der Waals surface area contributed by atoms with Crippen LogP contribution in [0.15, 0.2) is 36.4 Å². The van der Waals surface area contributed by atoms with Crippen LogP contribution in [0.25, 0.3) is 11.1 Å². The molecule has 6 amide bonds. The lowest BCUT2D eigenvalue weighted by Crippen LogP contribution is -2.55. The van der Waals surface area contributed by atoms with E-state index in [-0.39, 0.29) is 46.9 Å². The molecule has 17 nitrogen and oxygen atoms in total. The third-order valence-electron chi connectivity index (χ3n) is 11.8. The monoisotopic (exact) mass is 895 g/mol. The van der Waals surface area contributed by atoms with Gasteiger partial charge in [0.1, 0.15) is 41.7 Å². The molecule has 4 bridgehead atoms. The van der Waals surface area contributed by atoms with Crippen molar-refractivity contribution in [2.24, 2.45) is 0 Å². The first-order valence-electron chi connectivity index (χ1n) is 22.6. The van der Waals surface area contributed by atoms with E-state index in [1.165, 1.54) is 134 Å². The number of benzene rings is 2. The van der Waals surface area contributed by atoms with Crippen LogP contribution in [0.1, 0.15) is 128 Å². The molecular formula is C47H70N6O11. The summed E-state index contributed by atoms with van der Waals surface area (Å²) in [5.41, 5.74) is 0.743. The number of phenols is 2. The van der Waals surface area contributed by atoms with Gasteiger partial charge in [-0.05, 0) is 55.7 Å². The van der Waals surface area contributed by atoms with Crippen molar-refractivity contribution in [1.82, 2.24) is 30.7 Å². The highest BCUT2D eigenvalue weighted by molar-refractivity contribution is 5.96. The molecule has 0 saturated carbocycles. The second-order valence-electron chi connectivity index (χ2n) is 17.0. The van der Waals surface area contributed by atoms with Crippen LogP contribution in [0, 0.1) is 0 Å². The number of phenolic OH excluding ortho intramolecular Hbond substituents is 2. The molecule has 0 aliphatic carbocycles. The van der Waals surface area contributed by atoms with Crippen LogP contribution in [0.5, 0.6) is 11.5 Å². The number of likely N-dealkylation sites (N-methyl/N-ethyl adjacent to an activating group) is 3. The topological polar surface area (TPSA) is 246 Å². The molecule has 7 N–H and O–H groups in total. The van der Waals surface area contributed by atoms with Gasteiger partial charge in [0.05, 0.1) is 13.2 Å². The molecule has 1 aliphatic rings. The Hall–Kier alpha value is -5.71. The fourth-order valence-electron chi connectivity index (χ4n) is 7.77. The molecule has 2 aromatic carbocycles. The molecule has 0 radical (unpaired) electrons. The van der Waals surface area contributed by atoms with Crippen LogP contribution in [-0.2, 0) is 40.0 Å². The van der Waals surface area contributed by atoms with Crippen LogP contribution in [0.2, 0.25) is 0 Å². The molecule has 0 unspecified atom stereocenters. The number of carboxylic acid groups (broad SMARTS) is 1. The first-order valence-corrected chi connectivity index (χ1v) is 22.6. The molecule has 3 rings (SSSR count). The summed E-state index contributed by atoms with van der Waals surface area (Å²) in [5.74, 6) is -6.08. The highest BCUT2D eigenvalue weighted by atomic mass is 16.4. The number of carbonyl (C=O) groups is 7. The minimum absolute atomic E-state index is 0.0708. The molecule has 0 spiro atoms. The zero-order valence-electron chi connectivity index (χ0n) is 38.4. The van der Waals surface area contributed by atoms with Crippen molar-refractivity contribution in [2.75, 3.05) is 34.3 Å². The Bertz CT molecular complexity index is 1920. The summed E-state index contributed by atoms with van der Waals surface area (Å²) in [5, 5.41) is 49.1. The van der Waals surface area contributed by atoms with Gasteiger partial charge in [-0.3, -0.25) is 28.8 Å². The lowest BCUT2D eigenvalue weighted by molar-refractivity contribution is -0.145. The van der Waals surface area contributed by atoms with Gasteiger partial charge in [-0.25, -0.2) is 4.79 Å². The highest BCUT2D eigenvalue weighted by Crippen LogP contribution is 2.38. The van der Waals surface area contributed by atoms with Gasteiger partial charge in [0, 0.05) is 45.1 Å². The molecule has 1 aliphatic heterocycles. The van der Waals surface area contributed by atoms with Gasteiger partial charge in [0.25, 0.3) is 0 Å². The average molecular weight is 895 g/mol. The number of hydrogen-bond acceptors (Lipinski definition) is 10. The number of unbranched alkanes of at least 4 members (excludes halogenated alkanes) is 12. The summed E-state index contributed by atoms with van der Waals surface area (Å²) in [6.45, 7) is 3.70. The number of nitrogens with zero attached hydrogens (tertiary/aromatic N) is 3. The number of hydrogen-bond donors (Lipinski definition) is 7. The maximum absolute atomic E-state index is 14.0. The van der Waals surface area contributed by atoms with Crippen LogP contribution in [0.3, 0.4) is 0 Å². The van der Waals surface area contributed by atoms with Crippen LogP contribution in [-0.4, -0.2) is 135 Å². The standard InChI is InChI=1S/C47H70N6O11/c1-7-8-9-10-11-12-13-14-15-16-17-18-19-20-40(57)52(5)37(29-54)44(60)49-31(3)46(62)51(4)28-41(58)53(6)42-33-22-24-39(56)35(27-33)34-25-32(21-23-38(34)55)26-36(47(63)64)50-43(59)30(2)48-45(42)61/h21-25,27,30-31,36-37,42,54-56H,7-20,26,28-29H2,1-6H3,(H,48,61)(H,49,60)(H,50,59)(H,63,64)/t30-,31+,36-,37+,42-/m0/s1. The van der Waals surface area contributed by atoms with Crippen molar-refractivity contribution in [1.29, 1.82) is 0 Å². The van der Waals surface area contributed by atoms with Gasteiger partial charge in [-0.2, -0.15) is 0 Å². The van der Waals surface area contributed by atoms with Crippen molar-refractivity contribution in [2.45, 2.75) is 147 Å². The van der Waals surface area contributed by atoms with Crippen molar-refractivity contribution in [3.8, 4) is 22.6 Å². The highest BCUT2D eigenvalue weighted by Gasteiger charge is 2.35. The van der Waals surface area contributed by atoms with E-state index in [0.29, 0.717) is 12.0 Å². The molecule has 17 heteroatoms. The Morgan fingerprint density at radius 3 is 1.88 bits per heavy atom. The van der Waals surface area contributed by atoms with Crippen LogP contribution >= 0.6 is 0 Å². The lowest BCUT2D eigenvalue weighted by Gasteiger charge is -2.32. The number of rotatable bonds is 23. The zero-order chi connectivity index (χ0) is 47.5. The summed E-state index contributed by atoms with van der Waals surface area (Å²) < 4.78 is 0. The zero-order valence-corrected chi connectivity index (χ0v) is 38.4. The average Bonchev–Trinajstić information content (AvgIpc) is 3.25. The predicted molar refractivity (Wildman–Crippen MR) is 241 cm³/mol. The number of aliphatic hydroxyl groups is 1. The molecule has 5 atom stereocenters. The SMILES string of the molecule is CCCCCCCCCCCCCCCC(=O)N(C)[C@H](CO)C(=O)N[C@H](C)C(=O)N(C)CC(=O)N(C)[C@@H]1C(=O)N[C@@H](C)C(=O)N[C@H](C(=O)O)Cc2ccc(O)c(c2)-c2cc1ccc2O. The maximum atomic E-state index is 14.0. The normalized spacial score (nSPS) is 17.2. The minimum atomic E-state index is -1.47. The Kier molecular flexibility index (Phi) is 21.5. The number of carboxylic acids is 1. The van der Waals surface area contributed by atoms with Gasteiger partial charge in [0.15, 0.2) is 0 Å². The quantitative estimate of drug-likeness (QED) is 0.0781. The number of aromatic hydroxyl groups is 2.